The summed E-state index contributed by atoms with van der Waals surface area (Å²) >= 11 is 0. The SMILES string of the molecule is CCC(CC)N(CCOC)c1ccc(C(N)=NO)cn1. The van der Waals surface area contributed by atoms with Gasteiger partial charge in [0.15, 0.2) is 5.84 Å². The fourth-order valence-corrected chi connectivity index (χ4v) is 2.17. The van der Waals surface area contributed by atoms with E-state index >= 15 is 0 Å². The van der Waals surface area contributed by atoms with E-state index in [1.807, 2.05) is 6.07 Å². The lowest BCUT2D eigenvalue weighted by Gasteiger charge is -2.31. The summed E-state index contributed by atoms with van der Waals surface area (Å²) < 4.78 is 5.17. The van der Waals surface area contributed by atoms with Gasteiger partial charge in [0.05, 0.1) is 6.61 Å². The number of hydrogen-bond acceptors (Lipinski definition) is 5. The van der Waals surface area contributed by atoms with Gasteiger partial charge in [0.1, 0.15) is 5.82 Å². The number of oxime groups is 1. The number of anilines is 1. The maximum atomic E-state index is 8.66. The van der Waals surface area contributed by atoms with Gasteiger partial charge >= 0.3 is 0 Å². The highest BCUT2D eigenvalue weighted by Crippen LogP contribution is 2.18. The minimum absolute atomic E-state index is 0.0648. The Hall–Kier alpha value is -1.82. The minimum Gasteiger partial charge on any atom is -0.409 e. The molecule has 0 aliphatic rings. The standard InChI is InChI=1S/C14H24N4O2/c1-4-12(5-2)18(8-9-20-3)13-7-6-11(10-16-13)14(15)17-19/h6-7,10,12,19H,4-5,8-9H2,1-3H3,(H2,15,17). The van der Waals surface area contributed by atoms with Gasteiger partial charge in [-0.1, -0.05) is 19.0 Å². The molecule has 1 aromatic rings. The van der Waals surface area contributed by atoms with Crippen LogP contribution in [0.15, 0.2) is 23.5 Å². The zero-order chi connectivity index (χ0) is 15.0. The van der Waals surface area contributed by atoms with Crippen LogP contribution in [-0.4, -0.2) is 42.3 Å². The molecule has 1 aromatic heterocycles. The molecule has 1 heterocycles. The van der Waals surface area contributed by atoms with E-state index in [2.05, 4.69) is 28.9 Å². The van der Waals surface area contributed by atoms with Crippen molar-refractivity contribution < 1.29 is 9.94 Å². The van der Waals surface area contributed by atoms with Crippen LogP contribution in [0.1, 0.15) is 32.3 Å². The zero-order valence-corrected chi connectivity index (χ0v) is 12.4. The van der Waals surface area contributed by atoms with E-state index in [0.717, 1.165) is 25.2 Å². The minimum atomic E-state index is 0.0648. The van der Waals surface area contributed by atoms with E-state index in [9.17, 15) is 0 Å². The van der Waals surface area contributed by atoms with E-state index in [0.29, 0.717) is 18.2 Å². The number of amidine groups is 1. The Morgan fingerprint density at radius 2 is 2.15 bits per heavy atom. The van der Waals surface area contributed by atoms with Gasteiger partial charge in [0.25, 0.3) is 0 Å². The molecule has 0 aliphatic heterocycles. The maximum absolute atomic E-state index is 8.66. The summed E-state index contributed by atoms with van der Waals surface area (Å²) in [4.78, 5) is 6.65. The van der Waals surface area contributed by atoms with Gasteiger partial charge in [-0.3, -0.25) is 0 Å². The first kappa shape index (κ1) is 16.2. The Morgan fingerprint density at radius 3 is 2.60 bits per heavy atom. The highest BCUT2D eigenvalue weighted by atomic mass is 16.5. The lowest BCUT2D eigenvalue weighted by Crippen LogP contribution is -2.37. The summed E-state index contributed by atoms with van der Waals surface area (Å²) in [5.74, 6) is 0.945. The van der Waals surface area contributed by atoms with Crippen molar-refractivity contribution >= 4 is 11.7 Å². The third kappa shape index (κ3) is 4.09. The van der Waals surface area contributed by atoms with Crippen LogP contribution in [0.5, 0.6) is 0 Å². The van der Waals surface area contributed by atoms with Crippen LogP contribution in [0.4, 0.5) is 5.82 Å². The molecule has 1 rings (SSSR count). The van der Waals surface area contributed by atoms with Crippen molar-refractivity contribution in [1.82, 2.24) is 4.98 Å². The van der Waals surface area contributed by atoms with Crippen molar-refractivity contribution in [2.24, 2.45) is 10.9 Å². The number of aromatic nitrogens is 1. The molecule has 0 saturated carbocycles. The fraction of sp³-hybridized carbons (Fsp3) is 0.571. The molecule has 0 spiro atoms. The highest BCUT2D eigenvalue weighted by molar-refractivity contribution is 5.96. The maximum Gasteiger partial charge on any atom is 0.171 e. The van der Waals surface area contributed by atoms with Crippen molar-refractivity contribution in [3.8, 4) is 0 Å². The van der Waals surface area contributed by atoms with Gasteiger partial charge in [0.2, 0.25) is 0 Å². The monoisotopic (exact) mass is 280 g/mol. The van der Waals surface area contributed by atoms with Gasteiger partial charge < -0.3 is 20.6 Å². The summed E-state index contributed by atoms with van der Waals surface area (Å²) in [6, 6.07) is 4.12. The van der Waals surface area contributed by atoms with Gasteiger partial charge in [0, 0.05) is 31.5 Å². The quantitative estimate of drug-likeness (QED) is 0.328. The molecule has 0 aromatic carbocycles. The molecule has 0 aliphatic carbocycles. The first-order valence-corrected chi connectivity index (χ1v) is 6.87. The van der Waals surface area contributed by atoms with Crippen molar-refractivity contribution in [3.05, 3.63) is 23.9 Å². The van der Waals surface area contributed by atoms with Crippen LogP contribution in [0, 0.1) is 0 Å². The zero-order valence-electron chi connectivity index (χ0n) is 12.4. The van der Waals surface area contributed by atoms with Gasteiger partial charge in [-0.15, -0.1) is 0 Å². The van der Waals surface area contributed by atoms with Gasteiger partial charge in [-0.05, 0) is 25.0 Å². The molecule has 0 atom stereocenters. The Labute approximate surface area is 120 Å². The summed E-state index contributed by atoms with van der Waals surface area (Å²) in [5, 5.41) is 11.6. The van der Waals surface area contributed by atoms with E-state index in [-0.39, 0.29) is 5.84 Å². The molecule has 0 saturated heterocycles. The molecule has 6 heteroatoms. The number of rotatable bonds is 8. The number of hydrogen-bond donors (Lipinski definition) is 2. The topological polar surface area (TPSA) is 84.0 Å². The molecule has 0 bridgehead atoms. The first-order chi connectivity index (χ1) is 9.67. The molecule has 112 valence electrons. The summed E-state index contributed by atoms with van der Waals surface area (Å²) in [6.45, 7) is 5.77. The molecule has 0 fully saturated rings. The molecular weight excluding hydrogens is 256 g/mol. The normalized spacial score (nSPS) is 11.9. The van der Waals surface area contributed by atoms with E-state index in [1.54, 1.807) is 19.4 Å². The largest absolute Gasteiger partial charge is 0.409 e. The van der Waals surface area contributed by atoms with Crippen molar-refractivity contribution in [3.63, 3.8) is 0 Å². The molecule has 0 unspecified atom stereocenters. The molecule has 6 nitrogen and oxygen atoms in total. The third-order valence-corrected chi connectivity index (χ3v) is 3.37. The smallest absolute Gasteiger partial charge is 0.171 e. The molecule has 20 heavy (non-hydrogen) atoms. The Bertz CT molecular complexity index is 416. The average Bonchev–Trinajstić information content (AvgIpc) is 2.51. The van der Waals surface area contributed by atoms with Crippen LogP contribution < -0.4 is 10.6 Å². The fourth-order valence-electron chi connectivity index (χ4n) is 2.17. The Morgan fingerprint density at radius 1 is 1.45 bits per heavy atom. The van der Waals surface area contributed by atoms with E-state index < -0.39 is 0 Å². The Kier molecular flexibility index (Phi) is 6.79. The lowest BCUT2D eigenvalue weighted by molar-refractivity contribution is 0.202. The predicted octanol–water partition coefficient (Wildman–Crippen LogP) is 1.82. The Balaban J connectivity index is 2.95. The van der Waals surface area contributed by atoms with E-state index in [1.165, 1.54) is 0 Å². The second kappa shape index (κ2) is 8.37. The second-order valence-electron chi connectivity index (χ2n) is 4.55. The van der Waals surface area contributed by atoms with Crippen LogP contribution in [0.3, 0.4) is 0 Å². The second-order valence-corrected chi connectivity index (χ2v) is 4.55. The summed E-state index contributed by atoms with van der Waals surface area (Å²) in [7, 11) is 1.69. The molecular formula is C14H24N4O2. The summed E-state index contributed by atoms with van der Waals surface area (Å²) in [5.41, 5.74) is 6.14. The molecule has 0 amide bonds. The van der Waals surface area contributed by atoms with Crippen LogP contribution in [0.25, 0.3) is 0 Å². The van der Waals surface area contributed by atoms with Crippen LogP contribution >= 0.6 is 0 Å². The van der Waals surface area contributed by atoms with Gasteiger partial charge in [-0.25, -0.2) is 4.98 Å². The number of nitrogens with zero attached hydrogens (tertiary/aromatic N) is 3. The number of methoxy groups -OCH3 is 1. The predicted molar refractivity (Wildman–Crippen MR) is 80.3 cm³/mol. The lowest BCUT2D eigenvalue weighted by atomic mass is 10.1. The molecule has 0 radical (unpaired) electrons. The molecule has 3 N–H and O–H groups in total. The van der Waals surface area contributed by atoms with Crippen molar-refractivity contribution in [2.75, 3.05) is 25.2 Å². The number of nitrogens with two attached hydrogens (primary N) is 1. The van der Waals surface area contributed by atoms with Crippen LogP contribution in [0.2, 0.25) is 0 Å². The average molecular weight is 280 g/mol. The van der Waals surface area contributed by atoms with E-state index in [4.69, 9.17) is 15.7 Å². The van der Waals surface area contributed by atoms with Gasteiger partial charge in [-0.2, -0.15) is 0 Å². The third-order valence-electron chi connectivity index (χ3n) is 3.37. The van der Waals surface area contributed by atoms with Crippen LogP contribution in [-0.2, 0) is 4.74 Å². The van der Waals surface area contributed by atoms with Crippen molar-refractivity contribution in [1.29, 1.82) is 0 Å². The highest BCUT2D eigenvalue weighted by Gasteiger charge is 2.16. The van der Waals surface area contributed by atoms with Crippen molar-refractivity contribution in [2.45, 2.75) is 32.7 Å². The first-order valence-electron chi connectivity index (χ1n) is 6.87. The number of ether oxygens (including phenoxy) is 1. The number of pyridine rings is 1. The summed E-state index contributed by atoms with van der Waals surface area (Å²) in [6.07, 6.45) is 3.71.